The number of nitrogens with zero attached hydrogens (tertiary/aromatic N) is 2. The van der Waals surface area contributed by atoms with Gasteiger partial charge in [0.1, 0.15) is 17.3 Å². The zero-order valence-electron chi connectivity index (χ0n) is 15.5. The van der Waals surface area contributed by atoms with E-state index in [0.29, 0.717) is 42.6 Å². The van der Waals surface area contributed by atoms with Crippen LogP contribution in [0, 0.1) is 12.7 Å². The topological polar surface area (TPSA) is 84.2 Å². The Balaban J connectivity index is 1.62. The van der Waals surface area contributed by atoms with Crippen molar-refractivity contribution in [3.05, 3.63) is 57.0 Å². The number of carbonyl (C=O) groups is 1. The number of halogens is 2. The fourth-order valence-electron chi connectivity index (χ4n) is 4.10. The predicted molar refractivity (Wildman–Crippen MR) is 97.5 cm³/mol. The van der Waals surface area contributed by atoms with Crippen molar-refractivity contribution in [2.45, 2.75) is 57.3 Å². The highest BCUT2D eigenvalue weighted by Gasteiger charge is 2.42. The molecule has 6 nitrogen and oxygen atoms in total. The van der Waals surface area contributed by atoms with E-state index < -0.39 is 22.9 Å². The molecule has 0 spiro atoms. The lowest BCUT2D eigenvalue weighted by atomic mass is 9.81. The van der Waals surface area contributed by atoms with E-state index in [2.05, 4.69) is 10.3 Å². The molecular weight excluding hydrogens is 368 g/mol. The number of hydrogen-bond acceptors (Lipinski definition) is 4. The third-order valence-electron chi connectivity index (χ3n) is 5.75. The molecule has 2 aliphatic heterocycles. The van der Waals surface area contributed by atoms with Crippen LogP contribution in [0.4, 0.5) is 8.78 Å². The van der Waals surface area contributed by atoms with Crippen LogP contribution in [0.5, 0.6) is 5.75 Å². The van der Waals surface area contributed by atoms with E-state index in [9.17, 15) is 23.5 Å². The van der Waals surface area contributed by atoms with Crippen LogP contribution >= 0.6 is 0 Å². The van der Waals surface area contributed by atoms with Gasteiger partial charge in [0.25, 0.3) is 11.5 Å². The average molecular weight is 389 g/mol. The molecular formula is C20H21F2N3O3. The second kappa shape index (κ2) is 6.68. The monoisotopic (exact) mass is 389 g/mol. The van der Waals surface area contributed by atoms with Crippen LogP contribution in [0.3, 0.4) is 0 Å². The van der Waals surface area contributed by atoms with Gasteiger partial charge in [0, 0.05) is 12.5 Å². The summed E-state index contributed by atoms with van der Waals surface area (Å²) in [7, 11) is 0. The molecule has 148 valence electrons. The van der Waals surface area contributed by atoms with Crippen LogP contribution in [0.15, 0.2) is 23.0 Å². The maximum absolute atomic E-state index is 14.8. The van der Waals surface area contributed by atoms with Gasteiger partial charge in [0.05, 0.1) is 6.54 Å². The summed E-state index contributed by atoms with van der Waals surface area (Å²) >= 11 is 0. The number of aromatic hydroxyl groups is 1. The van der Waals surface area contributed by atoms with Crippen LogP contribution in [-0.2, 0) is 13.1 Å². The Hall–Kier alpha value is -2.77. The number of amides is 1. The maximum Gasteiger partial charge on any atom is 0.296 e. The molecule has 1 saturated carbocycles. The fourth-order valence-corrected chi connectivity index (χ4v) is 4.10. The summed E-state index contributed by atoms with van der Waals surface area (Å²) in [4.78, 5) is 29.4. The average Bonchev–Trinajstić information content (AvgIpc) is 2.90. The molecule has 8 heteroatoms. The number of rotatable bonds is 3. The van der Waals surface area contributed by atoms with Gasteiger partial charge in [-0.15, -0.1) is 0 Å². The SMILES string of the molecule is Cc1cc(CNC(=O)c2nc3n(c(=O)c2O)CC2(F)CCC3CC2)ccc1F. The minimum Gasteiger partial charge on any atom is -0.501 e. The third kappa shape index (κ3) is 3.16. The van der Waals surface area contributed by atoms with Crippen molar-refractivity contribution in [1.82, 2.24) is 14.9 Å². The Morgan fingerprint density at radius 3 is 2.79 bits per heavy atom. The van der Waals surface area contributed by atoms with Crippen molar-refractivity contribution < 1.29 is 18.7 Å². The number of hydrogen-bond donors (Lipinski definition) is 2. The highest BCUT2D eigenvalue weighted by molar-refractivity contribution is 5.94. The molecule has 5 rings (SSSR count). The number of carbonyl (C=O) groups excluding carboxylic acids is 1. The molecule has 2 aromatic rings. The van der Waals surface area contributed by atoms with Crippen LogP contribution in [0.1, 0.15) is 59.0 Å². The number of fused-ring (bicyclic) bond motifs is 2. The first kappa shape index (κ1) is 18.6. The standard InChI is InChI=1S/C20H21F2N3O3/c1-11-8-12(2-3-14(11)21)9-23-18(27)15-16(26)19(28)25-10-20(22)6-4-13(5-7-20)17(25)24-15/h2-3,8,13,26H,4-7,9-10H2,1H3,(H,23,27). The molecule has 0 radical (unpaired) electrons. The van der Waals surface area contributed by atoms with Gasteiger partial charge < -0.3 is 10.4 Å². The third-order valence-corrected chi connectivity index (χ3v) is 5.75. The van der Waals surface area contributed by atoms with E-state index in [-0.39, 0.29) is 30.5 Å². The van der Waals surface area contributed by atoms with Gasteiger partial charge in [-0.2, -0.15) is 0 Å². The molecule has 28 heavy (non-hydrogen) atoms. The van der Waals surface area contributed by atoms with Crippen molar-refractivity contribution >= 4 is 5.91 Å². The summed E-state index contributed by atoms with van der Waals surface area (Å²) in [5, 5.41) is 12.8. The zero-order valence-corrected chi connectivity index (χ0v) is 15.5. The summed E-state index contributed by atoms with van der Waals surface area (Å²) in [6.07, 6.45) is 1.80. The molecule has 2 bridgehead atoms. The van der Waals surface area contributed by atoms with Gasteiger partial charge in [-0.05, 0) is 49.8 Å². The Morgan fingerprint density at radius 2 is 2.11 bits per heavy atom. The highest BCUT2D eigenvalue weighted by atomic mass is 19.1. The summed E-state index contributed by atoms with van der Waals surface area (Å²) in [6, 6.07) is 4.46. The Morgan fingerprint density at radius 1 is 1.39 bits per heavy atom. The molecule has 1 aromatic carbocycles. The summed E-state index contributed by atoms with van der Waals surface area (Å²) in [6.45, 7) is 1.57. The van der Waals surface area contributed by atoms with E-state index in [1.54, 1.807) is 19.1 Å². The second-order valence-electron chi connectivity index (χ2n) is 7.75. The molecule has 1 amide bonds. The molecule has 0 atom stereocenters. The fraction of sp³-hybridized carbons (Fsp3) is 0.450. The molecule has 1 aliphatic carbocycles. The summed E-state index contributed by atoms with van der Waals surface area (Å²) in [5.74, 6) is -1.56. The smallest absolute Gasteiger partial charge is 0.296 e. The lowest BCUT2D eigenvalue weighted by Gasteiger charge is -2.28. The molecule has 0 unspecified atom stereocenters. The number of benzene rings is 1. The van der Waals surface area contributed by atoms with Crippen molar-refractivity contribution in [3.8, 4) is 5.75 Å². The van der Waals surface area contributed by atoms with E-state index in [1.165, 1.54) is 10.6 Å². The maximum atomic E-state index is 14.8. The molecule has 1 aromatic heterocycles. The number of nitrogens with one attached hydrogen (secondary N) is 1. The molecule has 0 saturated heterocycles. The van der Waals surface area contributed by atoms with Crippen molar-refractivity contribution in [1.29, 1.82) is 0 Å². The van der Waals surface area contributed by atoms with Gasteiger partial charge >= 0.3 is 0 Å². The lowest BCUT2D eigenvalue weighted by molar-refractivity contribution is 0.0925. The first-order chi connectivity index (χ1) is 13.3. The van der Waals surface area contributed by atoms with E-state index >= 15 is 0 Å². The van der Waals surface area contributed by atoms with Crippen molar-refractivity contribution in [2.75, 3.05) is 0 Å². The largest absolute Gasteiger partial charge is 0.501 e. The predicted octanol–water partition coefficient (Wildman–Crippen LogP) is 2.71. The van der Waals surface area contributed by atoms with Crippen LogP contribution in [0.2, 0.25) is 0 Å². The van der Waals surface area contributed by atoms with E-state index in [1.807, 2.05) is 0 Å². The minimum absolute atomic E-state index is 0.0938. The van der Waals surface area contributed by atoms with Crippen LogP contribution in [0.25, 0.3) is 0 Å². The Labute approximate surface area is 160 Å². The number of aryl methyl sites for hydroxylation is 1. The van der Waals surface area contributed by atoms with Crippen LogP contribution < -0.4 is 10.9 Å². The van der Waals surface area contributed by atoms with Crippen molar-refractivity contribution in [2.24, 2.45) is 0 Å². The second-order valence-corrected chi connectivity index (χ2v) is 7.75. The number of aromatic nitrogens is 2. The zero-order chi connectivity index (χ0) is 20.1. The molecule has 3 heterocycles. The van der Waals surface area contributed by atoms with E-state index in [0.717, 1.165) is 0 Å². The van der Waals surface area contributed by atoms with Gasteiger partial charge in [0.2, 0.25) is 5.75 Å². The van der Waals surface area contributed by atoms with Crippen LogP contribution in [-0.4, -0.2) is 26.2 Å². The van der Waals surface area contributed by atoms with Gasteiger partial charge in [-0.1, -0.05) is 12.1 Å². The lowest BCUT2D eigenvalue weighted by Crippen LogP contribution is -2.35. The first-order valence-corrected chi connectivity index (χ1v) is 9.33. The summed E-state index contributed by atoms with van der Waals surface area (Å²) in [5.41, 5.74) is -1.48. The minimum atomic E-state index is -1.47. The quantitative estimate of drug-likeness (QED) is 0.846. The Bertz CT molecular complexity index is 1010. The number of alkyl halides is 1. The Kier molecular flexibility index (Phi) is 4.44. The first-order valence-electron chi connectivity index (χ1n) is 9.33. The van der Waals surface area contributed by atoms with Gasteiger partial charge in [-0.25, -0.2) is 13.8 Å². The molecule has 3 aliphatic rings. The summed E-state index contributed by atoms with van der Waals surface area (Å²) < 4.78 is 29.4. The highest BCUT2D eigenvalue weighted by Crippen LogP contribution is 2.43. The van der Waals surface area contributed by atoms with Crippen molar-refractivity contribution in [3.63, 3.8) is 0 Å². The molecule has 2 N–H and O–H groups in total. The van der Waals surface area contributed by atoms with Gasteiger partial charge in [0.15, 0.2) is 5.69 Å². The normalized spacial score (nSPS) is 23.2. The van der Waals surface area contributed by atoms with E-state index in [4.69, 9.17) is 0 Å². The van der Waals surface area contributed by atoms with Gasteiger partial charge in [-0.3, -0.25) is 14.2 Å². The molecule has 1 fully saturated rings.